The summed E-state index contributed by atoms with van der Waals surface area (Å²) in [4.78, 5) is 47.6. The van der Waals surface area contributed by atoms with Crippen LogP contribution in [0.5, 0.6) is 0 Å². The van der Waals surface area contributed by atoms with Crippen LogP contribution < -0.4 is 5.32 Å². The number of aromatic nitrogens is 2. The van der Waals surface area contributed by atoms with Crippen molar-refractivity contribution in [3.63, 3.8) is 0 Å². The molecule has 3 aliphatic carbocycles. The second-order valence-corrected chi connectivity index (χ2v) is 29.9. The van der Waals surface area contributed by atoms with E-state index in [0.717, 1.165) is 64.0 Å². The van der Waals surface area contributed by atoms with Crippen molar-refractivity contribution in [2.24, 2.45) is 16.2 Å². The van der Waals surface area contributed by atoms with E-state index < -0.39 is 17.1 Å². The summed E-state index contributed by atoms with van der Waals surface area (Å²) in [5.41, 5.74) is 8.43. The fraction of sp³-hybridized carbons (Fsp3) is 0.667. The Balaban J connectivity index is 0.000000185. The molecule has 470 valence electrons. The lowest BCUT2D eigenvalue weighted by molar-refractivity contribution is -0.143. The summed E-state index contributed by atoms with van der Waals surface area (Å²) in [7, 11) is 1.62. The summed E-state index contributed by atoms with van der Waals surface area (Å²) >= 11 is 0. The smallest absolute Gasteiger partial charge is 0.310 e. The number of hydrogen-bond donors (Lipinski definition) is 1. The first-order valence-electron chi connectivity index (χ1n) is 32.7. The van der Waals surface area contributed by atoms with Gasteiger partial charge in [-0.2, -0.15) is 13.9 Å². The van der Waals surface area contributed by atoms with Crippen molar-refractivity contribution in [3.8, 4) is 0 Å². The lowest BCUT2D eigenvalue weighted by atomic mass is 9.63. The fourth-order valence-corrected chi connectivity index (χ4v) is 14.7. The molecule has 0 bridgehead atoms. The minimum Gasteiger partial charge on any atom is -0.372 e. The third-order valence-electron chi connectivity index (χ3n) is 20.4. The van der Waals surface area contributed by atoms with Gasteiger partial charge in [0.15, 0.2) is 0 Å². The van der Waals surface area contributed by atoms with Gasteiger partial charge in [0.1, 0.15) is 6.10 Å². The van der Waals surface area contributed by atoms with Gasteiger partial charge in [-0.1, -0.05) is 135 Å². The monoisotopic (exact) mass is 1170 g/mol. The zero-order chi connectivity index (χ0) is 61.6. The average Bonchev–Trinajstić information content (AvgIpc) is 0.935. The Morgan fingerprint density at radius 3 is 1.58 bits per heavy atom. The van der Waals surface area contributed by atoms with Gasteiger partial charge in [-0.15, -0.1) is 0 Å². The number of rotatable bonds is 13. The minimum atomic E-state index is -3.23. The van der Waals surface area contributed by atoms with Gasteiger partial charge in [-0.25, -0.2) is 0 Å². The maximum atomic E-state index is 14.3. The maximum Gasteiger partial charge on any atom is 0.310 e. The largest absolute Gasteiger partial charge is 0.372 e. The Hall–Kier alpha value is -4.82. The van der Waals surface area contributed by atoms with Crippen molar-refractivity contribution < 1.29 is 29.3 Å². The van der Waals surface area contributed by atoms with E-state index in [-0.39, 0.29) is 59.7 Å². The Bertz CT molecular complexity index is 2860. The first-order chi connectivity index (χ1) is 40.1. The van der Waals surface area contributed by atoms with Gasteiger partial charge >= 0.3 is 5.92 Å². The van der Waals surface area contributed by atoms with Crippen molar-refractivity contribution in [2.45, 2.75) is 220 Å². The van der Waals surface area contributed by atoms with Gasteiger partial charge in [0, 0.05) is 45.2 Å². The number of likely N-dealkylation sites (tertiary alicyclic amines) is 3. The van der Waals surface area contributed by atoms with Crippen molar-refractivity contribution in [3.05, 3.63) is 124 Å². The highest BCUT2D eigenvalue weighted by Gasteiger charge is 2.55. The first kappa shape index (κ1) is 66.1. The summed E-state index contributed by atoms with van der Waals surface area (Å²) in [6.45, 7) is 37.9. The topological polar surface area (TPSA) is 103 Å². The number of nitrogens with one attached hydrogen (secondary N) is 1. The van der Waals surface area contributed by atoms with Gasteiger partial charge in [-0.05, 0) is 218 Å². The normalized spacial score (nSPS) is 22.2. The number of amides is 2. The predicted molar refractivity (Wildman–Crippen MR) is 343 cm³/mol. The van der Waals surface area contributed by atoms with Crippen LogP contribution in [0.2, 0.25) is 0 Å². The van der Waals surface area contributed by atoms with E-state index in [0.29, 0.717) is 29.2 Å². The molecular weight excluding hydrogens is 1060 g/mol. The Labute approximate surface area is 512 Å². The highest BCUT2D eigenvalue weighted by atomic mass is 19.3. The molecule has 3 atom stereocenters. The van der Waals surface area contributed by atoms with E-state index in [1.165, 1.54) is 106 Å². The number of piperidine rings is 3. The third-order valence-corrected chi connectivity index (χ3v) is 20.4. The second kappa shape index (κ2) is 27.3. The van der Waals surface area contributed by atoms with Crippen molar-refractivity contribution in [2.75, 3.05) is 72.6 Å². The summed E-state index contributed by atoms with van der Waals surface area (Å²) < 4.78 is 35.8. The van der Waals surface area contributed by atoms with E-state index in [4.69, 9.17) is 4.74 Å². The van der Waals surface area contributed by atoms with E-state index in [2.05, 4.69) is 143 Å². The minimum absolute atomic E-state index is 0. The van der Waals surface area contributed by atoms with Crippen LogP contribution in [-0.4, -0.2) is 132 Å². The molecule has 10 rings (SSSR count). The number of benzene rings is 3. The number of carbonyl (C=O) groups is 3. The molecule has 3 saturated heterocycles. The lowest BCUT2D eigenvalue weighted by Crippen LogP contribution is -2.51. The van der Waals surface area contributed by atoms with Crippen molar-refractivity contribution in [1.29, 1.82) is 0 Å². The molecule has 3 fully saturated rings. The van der Waals surface area contributed by atoms with Crippen LogP contribution in [0.4, 0.5) is 8.78 Å². The Morgan fingerprint density at radius 2 is 1.11 bits per heavy atom. The number of aryl methyl sites for hydroxylation is 1. The number of carbonyl (C=O) groups excluding carboxylic acids is 3. The van der Waals surface area contributed by atoms with Crippen LogP contribution in [0.25, 0.3) is 0 Å². The van der Waals surface area contributed by atoms with Gasteiger partial charge in [0.05, 0.1) is 23.8 Å². The van der Waals surface area contributed by atoms with Gasteiger partial charge in [-0.3, -0.25) is 19.1 Å². The fourth-order valence-electron chi connectivity index (χ4n) is 14.7. The van der Waals surface area contributed by atoms with Crippen LogP contribution in [0.15, 0.2) is 85.2 Å². The molecule has 0 unspecified atom stereocenters. The average molecular weight is 1170 g/mol. The SMILES string of the molecule is CC(C)(C)CCN1CCC2(CC1)CC(F)(F)C(=O)c1ccccc12.CCN(C(=O)[C@@H](C)OC)[C@H]1CCC2(CCN(CCC(C)(C)C)CC2)c2ccccc21.CCn1cc(C(=O)N[C@H]2CCC3(CCN(CCC(C)(C)C)CC3)c3ccccc32)cn1.[HH]. The quantitative estimate of drug-likeness (QED) is 0.141. The van der Waals surface area contributed by atoms with E-state index >= 15 is 0 Å². The van der Waals surface area contributed by atoms with Crippen LogP contribution in [0.1, 0.15) is 235 Å². The highest BCUT2D eigenvalue weighted by molar-refractivity contribution is 6.04. The molecule has 1 N–H and O–H groups in total. The molecule has 4 heterocycles. The van der Waals surface area contributed by atoms with Crippen LogP contribution >= 0.6 is 0 Å². The molecule has 0 radical (unpaired) electrons. The summed E-state index contributed by atoms with van der Waals surface area (Å²) in [5.74, 6) is -4.15. The zero-order valence-corrected chi connectivity index (χ0v) is 54.6. The predicted octanol–water partition coefficient (Wildman–Crippen LogP) is 15.0. The van der Waals surface area contributed by atoms with Crippen molar-refractivity contribution in [1.82, 2.24) is 34.7 Å². The molecule has 6 aliphatic rings. The number of halogens is 2. The molecule has 85 heavy (non-hydrogen) atoms. The lowest BCUT2D eigenvalue weighted by Gasteiger charge is -2.49. The molecule has 13 heteroatoms. The first-order valence-corrected chi connectivity index (χ1v) is 32.7. The number of ketones is 1. The number of ether oxygens (including phenoxy) is 1. The highest BCUT2D eigenvalue weighted by Crippen LogP contribution is 2.52. The molecule has 1 aromatic heterocycles. The van der Waals surface area contributed by atoms with E-state index in [1.54, 1.807) is 30.1 Å². The van der Waals surface area contributed by atoms with E-state index in [9.17, 15) is 23.2 Å². The van der Waals surface area contributed by atoms with Crippen LogP contribution in [0, 0.1) is 16.2 Å². The zero-order valence-electron chi connectivity index (χ0n) is 54.6. The molecule has 0 saturated carbocycles. The number of likely N-dealkylation sites (N-methyl/N-ethyl adjacent to an activating group) is 1. The van der Waals surface area contributed by atoms with Crippen LogP contribution in [-0.2, 0) is 32.3 Å². The van der Waals surface area contributed by atoms with Crippen LogP contribution in [0.3, 0.4) is 0 Å². The van der Waals surface area contributed by atoms with E-state index in [1.807, 2.05) is 37.1 Å². The molecule has 2 amide bonds. The van der Waals surface area contributed by atoms with Gasteiger partial charge < -0.3 is 29.7 Å². The number of methoxy groups -OCH3 is 1. The number of fused-ring (bicyclic) bond motifs is 6. The Morgan fingerprint density at radius 1 is 0.659 bits per heavy atom. The second-order valence-electron chi connectivity index (χ2n) is 29.9. The number of Topliss-reactive ketones (excluding diaryl/α,β-unsaturated/α-hetero) is 1. The standard InChI is InChI=1S/C26H38N4O.C26H42N2O2.C20H27F2NO.H2/c1-5-30-19-20(18-27-30)24(31)28-23-10-11-26(22-9-7-6-8-21(22)23)13-16-29(17-14-26)15-12-25(2,3)4;1-7-28(24(29)20(2)30-6)23-12-13-26(22-11-9-8-10-21(22)23)15-18-27(19-16-26)17-14-25(3,4)5;1-18(2,3)8-11-23-12-9-19(10-13-23)14-20(21,22)17(24)15-6-4-5-7-16(15)19;/h6-9,18-19,23H,5,10-17H2,1-4H3,(H,28,31);8-11,20,23H,7,12-19H2,1-6H3;4-7H,8-14H2,1-3H3;1H/t23-;20-,23+;;/m01../s1. The maximum absolute atomic E-state index is 14.3. The summed E-state index contributed by atoms with van der Waals surface area (Å²) in [5, 5.41) is 7.54. The molecular formula is C72H109F2N7O4. The third kappa shape index (κ3) is 16.1. The molecule has 3 spiro atoms. The summed E-state index contributed by atoms with van der Waals surface area (Å²) in [6.07, 6.45) is 17.1. The van der Waals surface area contributed by atoms with Gasteiger partial charge in [0.2, 0.25) is 5.78 Å². The number of nitrogens with zero attached hydrogens (tertiary/aromatic N) is 6. The number of hydrogen-bond acceptors (Lipinski definition) is 8. The molecule has 3 aliphatic heterocycles. The Kier molecular flexibility index (Phi) is 21.2. The van der Waals surface area contributed by atoms with Gasteiger partial charge in [0.25, 0.3) is 11.8 Å². The number of alkyl halides is 2. The molecule has 4 aromatic rings. The summed E-state index contributed by atoms with van der Waals surface area (Å²) in [6, 6.07) is 25.0. The molecule has 11 nitrogen and oxygen atoms in total. The molecule has 3 aromatic carbocycles. The van der Waals surface area contributed by atoms with Crippen molar-refractivity contribution >= 4 is 17.6 Å².